The molecule has 0 bridgehead atoms. The van der Waals surface area contributed by atoms with Crippen LogP contribution in [0.2, 0.25) is 5.02 Å². The van der Waals surface area contributed by atoms with Gasteiger partial charge < -0.3 is 15.4 Å². The summed E-state index contributed by atoms with van der Waals surface area (Å²) in [5.74, 6) is 1.21. The first-order valence-corrected chi connectivity index (χ1v) is 13.7. The number of aryl methyl sites for hydroxylation is 1. The lowest BCUT2D eigenvalue weighted by Crippen LogP contribution is -2.20. The topological polar surface area (TPSA) is 82.5 Å². The van der Waals surface area contributed by atoms with Gasteiger partial charge in [-0.3, -0.25) is 5.21 Å². The molecule has 196 valence electrons. The molecule has 9 heteroatoms. The Morgan fingerprint density at radius 1 is 1.19 bits per heavy atom. The highest BCUT2D eigenvalue weighted by molar-refractivity contribution is 8.00. The van der Waals surface area contributed by atoms with E-state index in [9.17, 15) is 5.21 Å². The minimum Gasteiger partial charge on any atom is -0.489 e. The van der Waals surface area contributed by atoms with Crippen LogP contribution in [0.1, 0.15) is 45.2 Å². The third-order valence-electron chi connectivity index (χ3n) is 5.73. The smallest absolute Gasteiger partial charge is 0.229 e. The van der Waals surface area contributed by atoms with Crippen molar-refractivity contribution in [3.05, 3.63) is 64.8 Å². The van der Waals surface area contributed by atoms with E-state index >= 15 is 0 Å². The summed E-state index contributed by atoms with van der Waals surface area (Å²) in [6, 6.07) is 11.8. The second-order valence-corrected chi connectivity index (χ2v) is 11.5. The van der Waals surface area contributed by atoms with Gasteiger partial charge in [0.05, 0.1) is 23.7 Å². The minimum atomic E-state index is -0.0114. The first kappa shape index (κ1) is 27.3. The monoisotopic (exact) mass is 539 g/mol. The van der Waals surface area contributed by atoms with Gasteiger partial charge in [0.2, 0.25) is 5.95 Å². The number of benzene rings is 2. The Labute approximate surface area is 228 Å². The van der Waals surface area contributed by atoms with Crippen LogP contribution in [0, 0.1) is 6.92 Å². The van der Waals surface area contributed by atoms with E-state index in [2.05, 4.69) is 59.6 Å². The molecule has 4 rings (SSSR count). The molecule has 0 saturated carbocycles. The van der Waals surface area contributed by atoms with Gasteiger partial charge in [-0.25, -0.2) is 10.0 Å². The van der Waals surface area contributed by atoms with E-state index in [4.69, 9.17) is 16.3 Å². The number of nitrogens with zero attached hydrogens (tertiary/aromatic N) is 3. The zero-order chi connectivity index (χ0) is 26.5. The standard InChI is InChI=1S/C28H34ClN5O2S/c1-17(2)36-25-15-21(20-10-12-30-13-11-20)19(5)14-23(25)32-28-31-16-22(29)27(33-28)34(35)24-8-6-7-9-26(24)37-18(3)4/h6-10,14-18,30,35H,11-13H2,1-5H3,(H,31,32,33). The molecule has 1 aromatic heterocycles. The first-order valence-electron chi connectivity index (χ1n) is 12.5. The van der Waals surface area contributed by atoms with Crippen molar-refractivity contribution < 1.29 is 9.94 Å². The fourth-order valence-electron chi connectivity index (χ4n) is 4.14. The van der Waals surface area contributed by atoms with Gasteiger partial charge in [-0.2, -0.15) is 4.98 Å². The summed E-state index contributed by atoms with van der Waals surface area (Å²) in [4.78, 5) is 9.86. The molecule has 0 atom stereocenters. The van der Waals surface area contributed by atoms with E-state index in [0.29, 0.717) is 16.9 Å². The molecule has 0 radical (unpaired) electrons. The van der Waals surface area contributed by atoms with E-state index in [1.807, 2.05) is 38.1 Å². The maximum absolute atomic E-state index is 11.1. The zero-order valence-corrected chi connectivity index (χ0v) is 23.5. The van der Waals surface area contributed by atoms with Crippen molar-refractivity contribution in [1.29, 1.82) is 0 Å². The molecule has 0 amide bonds. The molecule has 2 heterocycles. The van der Waals surface area contributed by atoms with Crippen molar-refractivity contribution in [2.45, 2.75) is 57.3 Å². The molecule has 0 spiro atoms. The Morgan fingerprint density at radius 2 is 1.97 bits per heavy atom. The summed E-state index contributed by atoms with van der Waals surface area (Å²) in [7, 11) is 0. The Bertz CT molecular complexity index is 1280. The van der Waals surface area contributed by atoms with Gasteiger partial charge in [-0.05, 0) is 74.7 Å². The molecule has 2 aromatic carbocycles. The zero-order valence-electron chi connectivity index (χ0n) is 21.9. The van der Waals surface area contributed by atoms with Gasteiger partial charge in [-0.15, -0.1) is 11.8 Å². The third-order valence-corrected chi connectivity index (χ3v) is 7.07. The summed E-state index contributed by atoms with van der Waals surface area (Å²) >= 11 is 8.09. The molecule has 0 saturated heterocycles. The van der Waals surface area contributed by atoms with Crippen LogP contribution in [0.25, 0.3) is 5.57 Å². The van der Waals surface area contributed by atoms with E-state index < -0.39 is 0 Å². The van der Waals surface area contributed by atoms with Gasteiger partial charge >= 0.3 is 0 Å². The van der Waals surface area contributed by atoms with E-state index in [1.165, 1.54) is 17.3 Å². The van der Waals surface area contributed by atoms with E-state index in [1.54, 1.807) is 11.8 Å². The number of para-hydroxylation sites is 1. The predicted molar refractivity (Wildman–Crippen MR) is 154 cm³/mol. The highest BCUT2D eigenvalue weighted by Gasteiger charge is 2.20. The summed E-state index contributed by atoms with van der Waals surface area (Å²) in [6.45, 7) is 12.1. The van der Waals surface area contributed by atoms with Crippen LogP contribution in [0.3, 0.4) is 0 Å². The Balaban J connectivity index is 1.68. The minimum absolute atomic E-state index is 0.0114. The first-order chi connectivity index (χ1) is 17.7. The average Bonchev–Trinajstić information content (AvgIpc) is 2.86. The maximum atomic E-state index is 11.1. The Hall–Kier alpha value is -2.78. The van der Waals surface area contributed by atoms with Crippen molar-refractivity contribution in [1.82, 2.24) is 15.3 Å². The quantitative estimate of drug-likeness (QED) is 0.192. The van der Waals surface area contributed by atoms with E-state index in [0.717, 1.165) is 46.5 Å². The summed E-state index contributed by atoms with van der Waals surface area (Å²) in [5.41, 5.74) is 4.98. The van der Waals surface area contributed by atoms with Crippen LogP contribution < -0.4 is 20.4 Å². The maximum Gasteiger partial charge on any atom is 0.229 e. The van der Waals surface area contributed by atoms with Crippen LogP contribution in [-0.4, -0.2) is 39.6 Å². The molecule has 0 fully saturated rings. The number of hydrogen-bond acceptors (Lipinski definition) is 8. The fraction of sp³-hybridized carbons (Fsp3) is 0.357. The number of rotatable bonds is 9. The van der Waals surface area contributed by atoms with Gasteiger partial charge in [0.15, 0.2) is 5.82 Å². The number of nitrogens with one attached hydrogen (secondary N) is 2. The lowest BCUT2D eigenvalue weighted by atomic mass is 9.95. The Kier molecular flexibility index (Phi) is 8.97. The molecular formula is C28H34ClN5O2S. The highest BCUT2D eigenvalue weighted by Crippen LogP contribution is 2.39. The predicted octanol–water partition coefficient (Wildman–Crippen LogP) is 7.37. The van der Waals surface area contributed by atoms with Crippen LogP contribution in [-0.2, 0) is 0 Å². The molecule has 3 aromatic rings. The number of thioether (sulfide) groups is 1. The lowest BCUT2D eigenvalue weighted by Gasteiger charge is -2.22. The van der Waals surface area contributed by atoms with Crippen molar-refractivity contribution in [3.63, 3.8) is 0 Å². The van der Waals surface area contributed by atoms with Gasteiger partial charge in [0, 0.05) is 16.7 Å². The highest BCUT2D eigenvalue weighted by atomic mass is 35.5. The molecular weight excluding hydrogens is 506 g/mol. The second-order valence-electron chi connectivity index (χ2n) is 9.45. The number of aromatic nitrogens is 2. The Morgan fingerprint density at radius 3 is 2.68 bits per heavy atom. The molecule has 0 aliphatic carbocycles. The molecule has 1 aliphatic rings. The average molecular weight is 540 g/mol. The fourth-order valence-corrected chi connectivity index (χ4v) is 5.25. The largest absolute Gasteiger partial charge is 0.489 e. The number of hydrogen-bond donors (Lipinski definition) is 3. The van der Waals surface area contributed by atoms with Crippen LogP contribution in [0.4, 0.5) is 23.1 Å². The van der Waals surface area contributed by atoms with Crippen LogP contribution >= 0.6 is 23.4 Å². The van der Waals surface area contributed by atoms with Crippen molar-refractivity contribution in [2.75, 3.05) is 23.5 Å². The van der Waals surface area contributed by atoms with Gasteiger partial charge in [0.25, 0.3) is 0 Å². The molecule has 0 unspecified atom stereocenters. The number of ether oxygens (including phenoxy) is 1. The summed E-state index contributed by atoms with van der Waals surface area (Å²) in [5, 5.41) is 19.4. The number of anilines is 4. The van der Waals surface area contributed by atoms with Crippen LogP contribution in [0.5, 0.6) is 5.75 Å². The van der Waals surface area contributed by atoms with Crippen molar-refractivity contribution >= 4 is 52.1 Å². The van der Waals surface area contributed by atoms with E-state index in [-0.39, 0.29) is 16.9 Å². The summed E-state index contributed by atoms with van der Waals surface area (Å²) in [6.07, 6.45) is 4.68. The third kappa shape index (κ3) is 6.76. The normalized spacial score (nSPS) is 13.6. The number of halogens is 1. The molecule has 7 nitrogen and oxygen atoms in total. The van der Waals surface area contributed by atoms with Gasteiger partial charge in [-0.1, -0.05) is 43.7 Å². The molecule has 3 N–H and O–H groups in total. The van der Waals surface area contributed by atoms with Crippen LogP contribution in [0.15, 0.2) is 53.6 Å². The summed E-state index contributed by atoms with van der Waals surface area (Å²) < 4.78 is 6.18. The van der Waals surface area contributed by atoms with Crippen molar-refractivity contribution in [2.24, 2.45) is 0 Å². The lowest BCUT2D eigenvalue weighted by molar-refractivity contribution is 0.243. The molecule has 37 heavy (non-hydrogen) atoms. The van der Waals surface area contributed by atoms with Gasteiger partial charge in [0.1, 0.15) is 10.8 Å². The second kappa shape index (κ2) is 12.2. The SMILES string of the molecule is Cc1cc(Nc2ncc(Cl)c(N(O)c3ccccc3SC(C)C)n2)c(OC(C)C)cc1C1=CCNCC1. The molecule has 1 aliphatic heterocycles. The van der Waals surface area contributed by atoms with Crippen molar-refractivity contribution in [3.8, 4) is 5.75 Å².